The van der Waals surface area contributed by atoms with E-state index in [1.807, 2.05) is 0 Å². The van der Waals surface area contributed by atoms with Crippen LogP contribution in [0.25, 0.3) is 0 Å². The zero-order chi connectivity index (χ0) is 51.4. The van der Waals surface area contributed by atoms with Crippen molar-refractivity contribution in [3.63, 3.8) is 0 Å². The zero-order valence-corrected chi connectivity index (χ0v) is 46.7. The Labute approximate surface area is 439 Å². The molecule has 0 spiro atoms. The number of esters is 3. The largest absolute Gasteiger partial charge is 0.462 e. The van der Waals surface area contributed by atoms with Gasteiger partial charge in [0.15, 0.2) is 6.10 Å². The van der Waals surface area contributed by atoms with Gasteiger partial charge in [0.05, 0.1) is 0 Å². The van der Waals surface area contributed by atoms with E-state index in [0.29, 0.717) is 19.3 Å². The van der Waals surface area contributed by atoms with Crippen LogP contribution in [0.3, 0.4) is 0 Å². The topological polar surface area (TPSA) is 78.9 Å². The number of unbranched alkanes of at least 4 members (excludes halogenated alkanes) is 29. The molecule has 71 heavy (non-hydrogen) atoms. The molecule has 6 heteroatoms. The lowest BCUT2D eigenvalue weighted by Crippen LogP contribution is -2.30. The van der Waals surface area contributed by atoms with Gasteiger partial charge in [0.1, 0.15) is 13.2 Å². The Bertz CT molecular complexity index is 1370. The number of carbonyl (C=O) groups is 3. The van der Waals surface area contributed by atoms with Crippen molar-refractivity contribution in [3.8, 4) is 0 Å². The van der Waals surface area contributed by atoms with Gasteiger partial charge in [-0.3, -0.25) is 14.4 Å². The van der Waals surface area contributed by atoms with Gasteiger partial charge >= 0.3 is 17.9 Å². The summed E-state index contributed by atoms with van der Waals surface area (Å²) in [6, 6.07) is 0. The van der Waals surface area contributed by atoms with E-state index >= 15 is 0 Å². The molecule has 1 unspecified atom stereocenters. The van der Waals surface area contributed by atoms with E-state index in [0.717, 1.165) is 116 Å². The number of hydrogen-bond acceptors (Lipinski definition) is 6. The van der Waals surface area contributed by atoms with E-state index < -0.39 is 6.10 Å². The van der Waals surface area contributed by atoms with Gasteiger partial charge in [-0.2, -0.15) is 0 Å². The Morgan fingerprint density at radius 3 is 0.859 bits per heavy atom. The van der Waals surface area contributed by atoms with Crippen LogP contribution in [0.2, 0.25) is 0 Å². The highest BCUT2D eigenvalue weighted by Gasteiger charge is 2.19. The Morgan fingerprint density at radius 1 is 0.296 bits per heavy atom. The Balaban J connectivity index is 4.43. The molecule has 0 aromatic carbocycles. The van der Waals surface area contributed by atoms with Crippen LogP contribution in [0.5, 0.6) is 0 Å². The maximum atomic E-state index is 12.9. The van der Waals surface area contributed by atoms with Crippen LogP contribution in [0.4, 0.5) is 0 Å². The van der Waals surface area contributed by atoms with Crippen molar-refractivity contribution in [2.24, 2.45) is 0 Å². The molecule has 0 aliphatic heterocycles. The first-order valence-corrected chi connectivity index (χ1v) is 30.1. The Morgan fingerprint density at radius 2 is 0.549 bits per heavy atom. The first-order valence-electron chi connectivity index (χ1n) is 30.1. The van der Waals surface area contributed by atoms with Gasteiger partial charge in [-0.1, -0.05) is 260 Å². The second kappa shape index (κ2) is 59.2. The molecule has 0 aromatic rings. The number of hydrogen-bond donors (Lipinski definition) is 0. The van der Waals surface area contributed by atoms with Crippen molar-refractivity contribution < 1.29 is 28.6 Å². The smallest absolute Gasteiger partial charge is 0.306 e. The minimum absolute atomic E-state index is 0.0890. The molecule has 408 valence electrons. The predicted octanol–water partition coefficient (Wildman–Crippen LogP) is 20.3. The van der Waals surface area contributed by atoms with Crippen molar-refractivity contribution in [2.75, 3.05) is 13.2 Å². The van der Waals surface area contributed by atoms with Crippen LogP contribution in [-0.2, 0) is 28.6 Å². The summed E-state index contributed by atoms with van der Waals surface area (Å²) in [6.45, 7) is 6.51. The molecule has 0 bridgehead atoms. The summed E-state index contributed by atoms with van der Waals surface area (Å²) < 4.78 is 16.9. The third-order valence-corrected chi connectivity index (χ3v) is 12.9. The van der Waals surface area contributed by atoms with Gasteiger partial charge in [-0.25, -0.2) is 0 Å². The summed E-state index contributed by atoms with van der Waals surface area (Å²) in [7, 11) is 0. The lowest BCUT2D eigenvalue weighted by molar-refractivity contribution is -0.167. The van der Waals surface area contributed by atoms with Crippen molar-refractivity contribution in [3.05, 3.63) is 85.1 Å². The summed E-state index contributed by atoms with van der Waals surface area (Å²) in [6.07, 6.45) is 77.1. The molecule has 0 aliphatic rings. The van der Waals surface area contributed by atoms with Crippen molar-refractivity contribution >= 4 is 17.9 Å². The second-order valence-electron chi connectivity index (χ2n) is 19.9. The minimum atomic E-state index is -0.795. The summed E-state index contributed by atoms with van der Waals surface area (Å²) >= 11 is 0. The molecule has 0 aromatic heterocycles. The van der Waals surface area contributed by atoms with Crippen LogP contribution in [0, 0.1) is 0 Å². The summed E-state index contributed by atoms with van der Waals surface area (Å²) in [5.74, 6) is -0.916. The van der Waals surface area contributed by atoms with Crippen molar-refractivity contribution in [2.45, 2.75) is 297 Å². The average Bonchev–Trinajstić information content (AvgIpc) is 3.37. The number of carbonyl (C=O) groups excluding carboxylic acids is 3. The number of allylic oxidation sites excluding steroid dienone is 14. The fraction of sp³-hybridized carbons (Fsp3) is 0.738. The predicted molar refractivity (Wildman–Crippen MR) is 307 cm³/mol. The van der Waals surface area contributed by atoms with Crippen LogP contribution >= 0.6 is 0 Å². The highest BCUT2D eigenvalue weighted by atomic mass is 16.6. The number of ether oxygens (including phenoxy) is 3. The first-order chi connectivity index (χ1) is 35.0. The molecule has 0 radical (unpaired) electrons. The first kappa shape index (κ1) is 67.6. The average molecular weight is 990 g/mol. The van der Waals surface area contributed by atoms with Crippen LogP contribution < -0.4 is 0 Å². The van der Waals surface area contributed by atoms with Gasteiger partial charge in [0.25, 0.3) is 0 Å². The fourth-order valence-corrected chi connectivity index (χ4v) is 8.38. The van der Waals surface area contributed by atoms with E-state index in [-0.39, 0.29) is 31.1 Å². The molecule has 0 N–H and O–H groups in total. The molecule has 0 heterocycles. The highest BCUT2D eigenvalue weighted by molar-refractivity contribution is 5.71. The van der Waals surface area contributed by atoms with Gasteiger partial charge in [0, 0.05) is 19.3 Å². The molecule has 0 amide bonds. The van der Waals surface area contributed by atoms with E-state index in [4.69, 9.17) is 14.2 Å². The van der Waals surface area contributed by atoms with Gasteiger partial charge in [-0.05, 0) is 96.3 Å². The molecule has 0 saturated carbocycles. The van der Waals surface area contributed by atoms with Crippen molar-refractivity contribution in [1.29, 1.82) is 0 Å². The van der Waals surface area contributed by atoms with Crippen LogP contribution in [0.15, 0.2) is 85.1 Å². The Kier molecular flexibility index (Phi) is 56.3. The quantitative estimate of drug-likeness (QED) is 0.0261. The van der Waals surface area contributed by atoms with Gasteiger partial charge < -0.3 is 14.2 Å². The standard InChI is InChI=1S/C65H112O6/c1-4-7-10-13-16-19-22-25-28-30-31-32-33-35-37-40-43-46-49-52-55-58-64(67)70-61-62(60-69-63(66)57-54-51-48-45-42-39-36-27-24-21-18-15-12-9-6-3)71-65(68)59-56-53-50-47-44-41-38-34-29-26-23-20-17-14-11-8-5-2/h8,11,17,20,22,25-26,29-31,33,35,38,41,62H,4-7,9-10,12-16,18-19,21,23-24,27-28,32,34,36-37,39-40,42-61H2,1-3H3/b11-8-,20-17-,25-22-,29-26-,31-30-,35-33-,41-38-. The normalized spacial score (nSPS) is 12.7. The molecule has 0 rings (SSSR count). The minimum Gasteiger partial charge on any atom is -0.462 e. The fourth-order valence-electron chi connectivity index (χ4n) is 8.38. The molecule has 0 fully saturated rings. The third kappa shape index (κ3) is 57.4. The van der Waals surface area contributed by atoms with E-state index in [1.54, 1.807) is 0 Å². The molecule has 0 aliphatic carbocycles. The lowest BCUT2D eigenvalue weighted by Gasteiger charge is -2.18. The zero-order valence-electron chi connectivity index (χ0n) is 46.7. The molecular weight excluding hydrogens is 877 g/mol. The second-order valence-corrected chi connectivity index (χ2v) is 19.9. The van der Waals surface area contributed by atoms with Crippen LogP contribution in [0.1, 0.15) is 290 Å². The third-order valence-electron chi connectivity index (χ3n) is 12.9. The van der Waals surface area contributed by atoms with E-state index in [2.05, 4.69) is 106 Å². The van der Waals surface area contributed by atoms with E-state index in [9.17, 15) is 14.4 Å². The molecule has 6 nitrogen and oxygen atoms in total. The molecule has 1 atom stereocenters. The molecule has 0 saturated heterocycles. The van der Waals surface area contributed by atoms with Gasteiger partial charge in [-0.15, -0.1) is 0 Å². The summed E-state index contributed by atoms with van der Waals surface area (Å²) in [5.41, 5.74) is 0. The SMILES string of the molecule is CC/C=C\C/C=C\C/C=C\C/C=C\CCCCCCC(=O)OC(COC(=O)CCCCCCCC/C=C\C/C=C\C/C=C\CCCCCCC)COC(=O)CCCCCCCCCCCCCCCCC. The Hall–Kier alpha value is -3.41. The molecular formula is C65H112O6. The lowest BCUT2D eigenvalue weighted by atomic mass is 10.0. The van der Waals surface area contributed by atoms with Crippen molar-refractivity contribution in [1.82, 2.24) is 0 Å². The highest BCUT2D eigenvalue weighted by Crippen LogP contribution is 2.16. The van der Waals surface area contributed by atoms with E-state index in [1.165, 1.54) is 135 Å². The number of rotatable bonds is 54. The van der Waals surface area contributed by atoms with Crippen LogP contribution in [-0.4, -0.2) is 37.2 Å². The maximum absolute atomic E-state index is 12.9. The monoisotopic (exact) mass is 989 g/mol. The maximum Gasteiger partial charge on any atom is 0.306 e. The summed E-state index contributed by atoms with van der Waals surface area (Å²) in [4.78, 5) is 38.2. The van der Waals surface area contributed by atoms with Gasteiger partial charge in [0.2, 0.25) is 0 Å². The summed E-state index contributed by atoms with van der Waals surface area (Å²) in [5, 5.41) is 0.